The van der Waals surface area contributed by atoms with Crippen molar-refractivity contribution in [2.24, 2.45) is 5.41 Å². The van der Waals surface area contributed by atoms with Crippen LogP contribution in [-0.4, -0.2) is 66.7 Å². The van der Waals surface area contributed by atoms with Crippen molar-refractivity contribution in [1.29, 1.82) is 0 Å². The summed E-state index contributed by atoms with van der Waals surface area (Å²) >= 11 is 0. The van der Waals surface area contributed by atoms with E-state index >= 15 is 0 Å². The first kappa shape index (κ1) is 19.9. The Bertz CT molecular complexity index is 657. The number of nitrogens with zero attached hydrogens (tertiary/aromatic N) is 3. The van der Waals surface area contributed by atoms with Gasteiger partial charge in [-0.15, -0.1) is 0 Å². The van der Waals surface area contributed by atoms with Crippen LogP contribution in [0.4, 0.5) is 0 Å². The molecule has 2 fully saturated rings. The third kappa shape index (κ3) is 4.51. The third-order valence-corrected chi connectivity index (χ3v) is 6.26. The van der Waals surface area contributed by atoms with Gasteiger partial charge in [0.1, 0.15) is 5.76 Å². The number of aromatic nitrogens is 1. The fourth-order valence-corrected chi connectivity index (χ4v) is 4.39. The first-order chi connectivity index (χ1) is 12.9. The number of likely N-dealkylation sites (tertiary alicyclic amines) is 2. The lowest BCUT2D eigenvalue weighted by molar-refractivity contribution is -0.143. The van der Waals surface area contributed by atoms with Gasteiger partial charge in [-0.1, -0.05) is 5.16 Å². The molecular formula is C20H31N3O4. The summed E-state index contributed by atoms with van der Waals surface area (Å²) in [6.07, 6.45) is 4.68. The number of aryl methyl sites for hydroxylation is 2. The Morgan fingerprint density at radius 2 is 2.00 bits per heavy atom. The molecule has 7 heteroatoms. The molecule has 3 rings (SSSR count). The van der Waals surface area contributed by atoms with Gasteiger partial charge in [-0.3, -0.25) is 9.59 Å². The normalized spacial score (nSPS) is 19.7. The molecule has 150 valence electrons. The Kier molecular flexibility index (Phi) is 6.19. The Labute approximate surface area is 161 Å². The van der Waals surface area contributed by atoms with Crippen molar-refractivity contribution in [3.63, 3.8) is 0 Å². The van der Waals surface area contributed by atoms with E-state index in [0.717, 1.165) is 55.9 Å². The minimum atomic E-state index is 0.167. The molecule has 2 saturated heterocycles. The first-order valence-corrected chi connectivity index (χ1v) is 9.90. The van der Waals surface area contributed by atoms with Crippen molar-refractivity contribution in [3.05, 3.63) is 17.0 Å². The number of amides is 2. The summed E-state index contributed by atoms with van der Waals surface area (Å²) < 4.78 is 10.3. The Morgan fingerprint density at radius 3 is 2.63 bits per heavy atom. The van der Waals surface area contributed by atoms with Crippen LogP contribution in [0.5, 0.6) is 0 Å². The zero-order chi connectivity index (χ0) is 19.4. The summed E-state index contributed by atoms with van der Waals surface area (Å²) in [5, 5.41) is 3.96. The van der Waals surface area contributed by atoms with E-state index in [1.807, 2.05) is 23.6 Å². The number of hydrogen-bond donors (Lipinski definition) is 0. The second-order valence-corrected chi connectivity index (χ2v) is 7.99. The predicted molar refractivity (Wildman–Crippen MR) is 100 cm³/mol. The average molecular weight is 377 g/mol. The number of piperidine rings is 2. The molecule has 2 aliphatic rings. The van der Waals surface area contributed by atoms with Crippen molar-refractivity contribution in [1.82, 2.24) is 15.0 Å². The molecule has 0 aromatic carbocycles. The van der Waals surface area contributed by atoms with Crippen LogP contribution in [0.1, 0.15) is 49.1 Å². The highest BCUT2D eigenvalue weighted by Crippen LogP contribution is 2.40. The standard InChI is InChI=1S/C20H31N3O4/c1-15-17(16(2)27-21-15)4-5-18(24)22-10-8-20(9-11-22)7-6-19(25)23(14-20)12-13-26-3/h4-14H2,1-3H3. The summed E-state index contributed by atoms with van der Waals surface area (Å²) in [4.78, 5) is 28.7. The molecule has 0 bridgehead atoms. The minimum Gasteiger partial charge on any atom is -0.383 e. The molecule has 3 heterocycles. The fourth-order valence-electron chi connectivity index (χ4n) is 4.39. The topological polar surface area (TPSA) is 75.9 Å². The monoisotopic (exact) mass is 377 g/mol. The molecule has 2 amide bonds. The third-order valence-electron chi connectivity index (χ3n) is 6.26. The molecule has 0 N–H and O–H groups in total. The predicted octanol–water partition coefficient (Wildman–Crippen LogP) is 2.10. The average Bonchev–Trinajstić information content (AvgIpc) is 2.99. The molecule has 1 spiro atoms. The van der Waals surface area contributed by atoms with Gasteiger partial charge in [0, 0.05) is 51.7 Å². The zero-order valence-corrected chi connectivity index (χ0v) is 16.8. The van der Waals surface area contributed by atoms with Gasteiger partial charge in [0.05, 0.1) is 12.3 Å². The molecular weight excluding hydrogens is 346 g/mol. The van der Waals surface area contributed by atoms with E-state index < -0.39 is 0 Å². The van der Waals surface area contributed by atoms with Gasteiger partial charge < -0.3 is 19.1 Å². The number of methoxy groups -OCH3 is 1. The van der Waals surface area contributed by atoms with Crippen LogP contribution in [-0.2, 0) is 20.7 Å². The van der Waals surface area contributed by atoms with Crippen molar-refractivity contribution in [3.8, 4) is 0 Å². The van der Waals surface area contributed by atoms with Crippen LogP contribution in [0.3, 0.4) is 0 Å². The lowest BCUT2D eigenvalue weighted by atomic mass is 9.72. The molecule has 27 heavy (non-hydrogen) atoms. The second-order valence-electron chi connectivity index (χ2n) is 7.99. The molecule has 0 atom stereocenters. The first-order valence-electron chi connectivity index (χ1n) is 9.90. The Morgan fingerprint density at radius 1 is 1.26 bits per heavy atom. The van der Waals surface area contributed by atoms with E-state index in [-0.39, 0.29) is 17.2 Å². The zero-order valence-electron chi connectivity index (χ0n) is 16.8. The van der Waals surface area contributed by atoms with Gasteiger partial charge in [-0.2, -0.15) is 0 Å². The van der Waals surface area contributed by atoms with Crippen LogP contribution in [0.2, 0.25) is 0 Å². The van der Waals surface area contributed by atoms with Crippen molar-refractivity contribution < 1.29 is 18.8 Å². The molecule has 0 radical (unpaired) electrons. The summed E-state index contributed by atoms with van der Waals surface area (Å²) in [5.74, 6) is 1.24. The van der Waals surface area contributed by atoms with Gasteiger partial charge in [0.15, 0.2) is 0 Å². The van der Waals surface area contributed by atoms with E-state index in [9.17, 15) is 9.59 Å². The molecule has 2 aliphatic heterocycles. The number of hydrogen-bond acceptors (Lipinski definition) is 5. The van der Waals surface area contributed by atoms with Gasteiger partial charge in [0.2, 0.25) is 11.8 Å². The van der Waals surface area contributed by atoms with Gasteiger partial charge in [-0.05, 0) is 44.9 Å². The maximum Gasteiger partial charge on any atom is 0.222 e. The van der Waals surface area contributed by atoms with E-state index in [2.05, 4.69) is 5.16 Å². The van der Waals surface area contributed by atoms with Crippen LogP contribution in [0.25, 0.3) is 0 Å². The maximum atomic E-state index is 12.6. The van der Waals surface area contributed by atoms with Crippen molar-refractivity contribution in [2.45, 2.75) is 52.4 Å². The van der Waals surface area contributed by atoms with E-state index in [1.165, 1.54) is 0 Å². The minimum absolute atomic E-state index is 0.167. The van der Waals surface area contributed by atoms with Crippen molar-refractivity contribution in [2.75, 3.05) is 39.9 Å². The lowest BCUT2D eigenvalue weighted by Gasteiger charge is -2.47. The largest absolute Gasteiger partial charge is 0.383 e. The highest BCUT2D eigenvalue weighted by atomic mass is 16.5. The summed E-state index contributed by atoms with van der Waals surface area (Å²) in [5.41, 5.74) is 2.09. The smallest absolute Gasteiger partial charge is 0.222 e. The highest BCUT2D eigenvalue weighted by molar-refractivity contribution is 5.78. The van der Waals surface area contributed by atoms with Crippen LogP contribution >= 0.6 is 0 Å². The molecule has 0 aliphatic carbocycles. The fraction of sp³-hybridized carbons (Fsp3) is 0.750. The number of carbonyl (C=O) groups is 2. The van der Waals surface area contributed by atoms with Crippen LogP contribution in [0.15, 0.2) is 4.52 Å². The summed E-state index contributed by atoms with van der Waals surface area (Å²) in [6.45, 7) is 7.42. The van der Waals surface area contributed by atoms with E-state index in [1.54, 1.807) is 7.11 Å². The summed E-state index contributed by atoms with van der Waals surface area (Å²) in [6, 6.07) is 0. The quantitative estimate of drug-likeness (QED) is 0.759. The highest BCUT2D eigenvalue weighted by Gasteiger charge is 2.41. The second kappa shape index (κ2) is 8.42. The van der Waals surface area contributed by atoms with Crippen LogP contribution < -0.4 is 0 Å². The lowest BCUT2D eigenvalue weighted by Crippen LogP contribution is -2.52. The van der Waals surface area contributed by atoms with Gasteiger partial charge in [0.25, 0.3) is 0 Å². The van der Waals surface area contributed by atoms with Gasteiger partial charge in [-0.25, -0.2) is 0 Å². The molecule has 0 saturated carbocycles. The Balaban J connectivity index is 1.50. The SMILES string of the molecule is COCCN1CC2(CCC1=O)CCN(C(=O)CCc1c(C)noc1C)CC2. The Hall–Kier alpha value is -1.89. The summed E-state index contributed by atoms with van der Waals surface area (Å²) in [7, 11) is 1.66. The van der Waals surface area contributed by atoms with Crippen LogP contribution in [0, 0.1) is 19.3 Å². The number of rotatable bonds is 6. The molecule has 1 aromatic heterocycles. The molecule has 7 nitrogen and oxygen atoms in total. The van der Waals surface area contributed by atoms with E-state index in [4.69, 9.17) is 9.26 Å². The van der Waals surface area contributed by atoms with Crippen molar-refractivity contribution >= 4 is 11.8 Å². The number of ether oxygens (including phenoxy) is 1. The maximum absolute atomic E-state index is 12.6. The number of carbonyl (C=O) groups excluding carboxylic acids is 2. The molecule has 0 unspecified atom stereocenters. The van der Waals surface area contributed by atoms with E-state index in [0.29, 0.717) is 32.4 Å². The van der Waals surface area contributed by atoms with Gasteiger partial charge >= 0.3 is 0 Å². The molecule has 1 aromatic rings.